The predicted molar refractivity (Wildman–Crippen MR) is 63.9 cm³/mol. The van der Waals surface area contributed by atoms with E-state index in [0.717, 1.165) is 17.9 Å². The van der Waals surface area contributed by atoms with Gasteiger partial charge in [-0.15, -0.1) is 0 Å². The Morgan fingerprint density at radius 1 is 1.53 bits per heavy atom. The molecule has 0 aromatic carbocycles. The van der Waals surface area contributed by atoms with Gasteiger partial charge in [-0.1, -0.05) is 18.5 Å². The number of hydrogen-bond acceptors (Lipinski definition) is 3. The standard InChI is InChI=1S/C9H13ClN2O2S/c1-2-15-5-3-4-12-6-7(10)8(13)11-9(12)14/h6H,2-5H2,1H3,(H,11,13,14). The highest BCUT2D eigenvalue weighted by molar-refractivity contribution is 7.99. The second kappa shape index (κ2) is 6.02. The molecule has 0 radical (unpaired) electrons. The van der Waals surface area contributed by atoms with Crippen LogP contribution in [-0.4, -0.2) is 21.1 Å². The fourth-order valence-electron chi connectivity index (χ4n) is 1.13. The minimum atomic E-state index is -0.527. The third-order valence-corrected chi connectivity index (χ3v) is 3.11. The number of aromatic amines is 1. The second-order valence-corrected chi connectivity index (χ2v) is 4.78. The lowest BCUT2D eigenvalue weighted by molar-refractivity contribution is 0.636. The summed E-state index contributed by atoms with van der Waals surface area (Å²) in [5.41, 5.74) is -0.924. The number of halogens is 1. The van der Waals surface area contributed by atoms with Crippen molar-refractivity contribution >= 4 is 23.4 Å². The lowest BCUT2D eigenvalue weighted by atomic mass is 10.4. The Morgan fingerprint density at radius 2 is 2.27 bits per heavy atom. The molecule has 0 aliphatic heterocycles. The molecule has 0 spiro atoms. The Balaban J connectivity index is 2.66. The number of nitrogens with one attached hydrogen (secondary N) is 1. The van der Waals surface area contributed by atoms with Crippen molar-refractivity contribution in [2.24, 2.45) is 0 Å². The van der Waals surface area contributed by atoms with Gasteiger partial charge in [0.25, 0.3) is 5.56 Å². The molecule has 0 saturated heterocycles. The van der Waals surface area contributed by atoms with Crippen LogP contribution in [0.2, 0.25) is 5.02 Å². The van der Waals surface area contributed by atoms with Gasteiger partial charge in [0.15, 0.2) is 0 Å². The van der Waals surface area contributed by atoms with Gasteiger partial charge in [0.1, 0.15) is 5.02 Å². The van der Waals surface area contributed by atoms with Gasteiger partial charge in [0.2, 0.25) is 0 Å². The Kier molecular flexibility index (Phi) is 4.98. The molecule has 1 N–H and O–H groups in total. The van der Waals surface area contributed by atoms with Gasteiger partial charge in [0, 0.05) is 12.7 Å². The monoisotopic (exact) mass is 248 g/mol. The summed E-state index contributed by atoms with van der Waals surface area (Å²) in [5, 5.41) is 0.0535. The molecule has 0 aliphatic carbocycles. The van der Waals surface area contributed by atoms with Crippen LogP contribution in [-0.2, 0) is 6.54 Å². The average molecular weight is 249 g/mol. The van der Waals surface area contributed by atoms with Crippen molar-refractivity contribution < 1.29 is 0 Å². The van der Waals surface area contributed by atoms with Crippen molar-refractivity contribution in [1.29, 1.82) is 0 Å². The molecule has 0 atom stereocenters. The summed E-state index contributed by atoms with van der Waals surface area (Å²) >= 11 is 7.44. The molecular formula is C9H13ClN2O2S. The van der Waals surface area contributed by atoms with E-state index in [2.05, 4.69) is 11.9 Å². The SMILES string of the molecule is CCSCCCn1cc(Cl)c(=O)[nH]c1=O. The van der Waals surface area contributed by atoms with Crippen molar-refractivity contribution in [2.45, 2.75) is 19.9 Å². The average Bonchev–Trinajstić information content (AvgIpc) is 2.20. The van der Waals surface area contributed by atoms with Crippen LogP contribution < -0.4 is 11.2 Å². The first-order chi connectivity index (χ1) is 7.15. The zero-order valence-corrected chi connectivity index (χ0v) is 10.0. The molecule has 0 amide bonds. The molecule has 0 saturated carbocycles. The van der Waals surface area contributed by atoms with Crippen LogP contribution in [0.5, 0.6) is 0 Å². The largest absolute Gasteiger partial charge is 0.328 e. The minimum absolute atomic E-state index is 0.0535. The quantitative estimate of drug-likeness (QED) is 0.800. The van der Waals surface area contributed by atoms with E-state index < -0.39 is 11.2 Å². The molecule has 1 aromatic rings. The number of nitrogens with zero attached hydrogens (tertiary/aromatic N) is 1. The van der Waals surface area contributed by atoms with E-state index in [1.807, 2.05) is 11.8 Å². The number of H-pyrrole nitrogens is 1. The number of aromatic nitrogens is 2. The molecule has 4 nitrogen and oxygen atoms in total. The molecule has 15 heavy (non-hydrogen) atoms. The van der Waals surface area contributed by atoms with Crippen molar-refractivity contribution in [3.05, 3.63) is 32.1 Å². The van der Waals surface area contributed by atoms with Crippen LogP contribution in [0.15, 0.2) is 15.8 Å². The first-order valence-electron chi connectivity index (χ1n) is 4.72. The van der Waals surface area contributed by atoms with Gasteiger partial charge >= 0.3 is 5.69 Å². The smallest absolute Gasteiger partial charge is 0.299 e. The highest BCUT2D eigenvalue weighted by Crippen LogP contribution is 2.02. The van der Waals surface area contributed by atoms with Crippen LogP contribution in [0, 0.1) is 0 Å². The third-order valence-electron chi connectivity index (χ3n) is 1.86. The molecule has 1 aromatic heterocycles. The maximum atomic E-state index is 11.3. The van der Waals surface area contributed by atoms with Gasteiger partial charge in [-0.05, 0) is 17.9 Å². The summed E-state index contributed by atoms with van der Waals surface area (Å²) in [4.78, 5) is 24.4. The van der Waals surface area contributed by atoms with Crippen molar-refractivity contribution in [3.8, 4) is 0 Å². The van der Waals surface area contributed by atoms with Crippen LogP contribution in [0.25, 0.3) is 0 Å². The number of hydrogen-bond donors (Lipinski definition) is 1. The normalized spacial score (nSPS) is 10.5. The van der Waals surface area contributed by atoms with Gasteiger partial charge in [0.05, 0.1) is 0 Å². The summed E-state index contributed by atoms with van der Waals surface area (Å²) < 4.78 is 1.43. The predicted octanol–water partition coefficient (Wildman–Crippen LogP) is 1.33. The summed E-state index contributed by atoms with van der Waals surface area (Å²) in [7, 11) is 0. The van der Waals surface area contributed by atoms with Crippen LogP contribution >= 0.6 is 23.4 Å². The van der Waals surface area contributed by atoms with Crippen molar-refractivity contribution in [3.63, 3.8) is 0 Å². The maximum Gasteiger partial charge on any atom is 0.328 e. The number of thioether (sulfide) groups is 1. The lowest BCUT2D eigenvalue weighted by Crippen LogP contribution is -2.29. The van der Waals surface area contributed by atoms with Crippen LogP contribution in [0.4, 0.5) is 0 Å². The molecule has 84 valence electrons. The van der Waals surface area contributed by atoms with Crippen LogP contribution in [0.3, 0.4) is 0 Å². The Morgan fingerprint density at radius 3 is 2.93 bits per heavy atom. The molecule has 0 aliphatic rings. The molecule has 1 heterocycles. The fourth-order valence-corrected chi connectivity index (χ4v) is 1.92. The zero-order chi connectivity index (χ0) is 11.3. The molecule has 0 unspecified atom stereocenters. The highest BCUT2D eigenvalue weighted by atomic mass is 35.5. The molecule has 6 heteroatoms. The Hall–Kier alpha value is -0.680. The molecule has 1 rings (SSSR count). The van der Waals surface area contributed by atoms with E-state index in [4.69, 9.17) is 11.6 Å². The van der Waals surface area contributed by atoms with E-state index in [0.29, 0.717) is 6.54 Å². The fraction of sp³-hybridized carbons (Fsp3) is 0.556. The van der Waals surface area contributed by atoms with Crippen molar-refractivity contribution in [2.75, 3.05) is 11.5 Å². The van der Waals surface area contributed by atoms with Gasteiger partial charge in [-0.3, -0.25) is 14.3 Å². The summed E-state index contributed by atoms with van der Waals surface area (Å²) in [6.07, 6.45) is 2.28. The van der Waals surface area contributed by atoms with E-state index in [1.54, 1.807) is 0 Å². The lowest BCUT2D eigenvalue weighted by Gasteiger charge is -2.04. The van der Waals surface area contributed by atoms with Gasteiger partial charge in [-0.2, -0.15) is 11.8 Å². The van der Waals surface area contributed by atoms with E-state index in [-0.39, 0.29) is 5.02 Å². The highest BCUT2D eigenvalue weighted by Gasteiger charge is 2.01. The third kappa shape index (κ3) is 3.76. The molecule has 0 fully saturated rings. The van der Waals surface area contributed by atoms with Crippen LogP contribution in [0.1, 0.15) is 13.3 Å². The Bertz CT molecular complexity index is 427. The second-order valence-electron chi connectivity index (χ2n) is 2.98. The minimum Gasteiger partial charge on any atom is -0.299 e. The number of rotatable bonds is 5. The topological polar surface area (TPSA) is 54.9 Å². The summed E-state index contributed by atoms with van der Waals surface area (Å²) in [5.74, 6) is 2.07. The van der Waals surface area contributed by atoms with E-state index in [9.17, 15) is 9.59 Å². The van der Waals surface area contributed by atoms with Gasteiger partial charge in [-0.25, -0.2) is 4.79 Å². The van der Waals surface area contributed by atoms with Crippen molar-refractivity contribution in [1.82, 2.24) is 9.55 Å². The first-order valence-corrected chi connectivity index (χ1v) is 6.25. The van der Waals surface area contributed by atoms with Gasteiger partial charge < -0.3 is 0 Å². The molecule has 0 bridgehead atoms. The molecular weight excluding hydrogens is 236 g/mol. The Labute approximate surface area is 96.7 Å². The van der Waals surface area contributed by atoms with E-state index >= 15 is 0 Å². The first kappa shape index (κ1) is 12.4. The maximum absolute atomic E-state index is 11.3. The van der Waals surface area contributed by atoms with E-state index in [1.165, 1.54) is 10.8 Å². The zero-order valence-electron chi connectivity index (χ0n) is 8.46. The summed E-state index contributed by atoms with van der Waals surface area (Å²) in [6.45, 7) is 2.68. The number of aryl methyl sites for hydroxylation is 1. The summed E-state index contributed by atoms with van der Waals surface area (Å²) in [6, 6.07) is 0.